The molecule has 1 unspecified atom stereocenters. The molecule has 1 heterocycles. The number of benzene rings is 2. The van der Waals surface area contributed by atoms with Gasteiger partial charge in [0.15, 0.2) is 0 Å². The minimum atomic E-state index is 0.401. The topological polar surface area (TPSA) is 21.3 Å². The Bertz CT molecular complexity index is 683. The van der Waals surface area contributed by atoms with E-state index in [1.807, 2.05) is 12.1 Å². The summed E-state index contributed by atoms with van der Waals surface area (Å²) >= 11 is 6.01. The summed E-state index contributed by atoms with van der Waals surface area (Å²) in [5, 5.41) is 4.53. The summed E-state index contributed by atoms with van der Waals surface area (Å²) in [4.78, 5) is 0. The lowest BCUT2D eigenvalue weighted by atomic mass is 9.97. The van der Waals surface area contributed by atoms with E-state index in [1.165, 1.54) is 48.8 Å². The summed E-state index contributed by atoms with van der Waals surface area (Å²) < 4.78 is 6.06. The first kappa shape index (κ1) is 19.3. The van der Waals surface area contributed by atoms with Gasteiger partial charge in [0.2, 0.25) is 0 Å². The van der Waals surface area contributed by atoms with E-state index < -0.39 is 0 Å². The maximum atomic E-state index is 6.06. The van der Waals surface area contributed by atoms with Crippen molar-refractivity contribution in [3.63, 3.8) is 0 Å². The lowest BCUT2D eigenvalue weighted by Crippen LogP contribution is -2.22. The van der Waals surface area contributed by atoms with Gasteiger partial charge in [0.05, 0.1) is 6.61 Å². The zero-order valence-corrected chi connectivity index (χ0v) is 16.5. The van der Waals surface area contributed by atoms with Gasteiger partial charge in [-0.25, -0.2) is 0 Å². The molecule has 0 fully saturated rings. The first-order valence-electron chi connectivity index (χ1n) is 10.0. The number of unbranched alkanes of at least 4 members (excludes halogenated alkanes) is 4. The van der Waals surface area contributed by atoms with Gasteiger partial charge in [-0.15, -0.1) is 0 Å². The summed E-state index contributed by atoms with van der Waals surface area (Å²) in [6.07, 6.45) is 8.83. The Morgan fingerprint density at radius 2 is 1.77 bits per heavy atom. The number of fused-ring (bicyclic) bond motifs is 1. The van der Waals surface area contributed by atoms with Gasteiger partial charge in [-0.1, -0.05) is 68.5 Å². The molecule has 0 radical (unpaired) electrons. The molecular formula is C23H30ClNO. The number of nitrogens with one attached hydrogen (secondary N) is 1. The molecule has 0 saturated carbocycles. The maximum absolute atomic E-state index is 6.06. The van der Waals surface area contributed by atoms with Gasteiger partial charge in [0.1, 0.15) is 5.75 Å². The Hall–Kier alpha value is -1.51. The van der Waals surface area contributed by atoms with Crippen LogP contribution in [0.5, 0.6) is 5.75 Å². The fourth-order valence-electron chi connectivity index (χ4n) is 3.61. The quantitative estimate of drug-likeness (QED) is 0.516. The van der Waals surface area contributed by atoms with E-state index in [2.05, 4.69) is 42.6 Å². The summed E-state index contributed by atoms with van der Waals surface area (Å²) in [6.45, 7) is 4.15. The Morgan fingerprint density at radius 3 is 2.58 bits per heavy atom. The van der Waals surface area contributed by atoms with Crippen molar-refractivity contribution in [2.45, 2.75) is 57.9 Å². The maximum Gasteiger partial charge on any atom is 0.124 e. The number of halogens is 1. The average molecular weight is 372 g/mol. The molecular weight excluding hydrogens is 342 g/mol. The van der Waals surface area contributed by atoms with Gasteiger partial charge >= 0.3 is 0 Å². The van der Waals surface area contributed by atoms with E-state index in [9.17, 15) is 0 Å². The predicted molar refractivity (Wildman–Crippen MR) is 111 cm³/mol. The summed E-state index contributed by atoms with van der Waals surface area (Å²) in [6, 6.07) is 15.0. The van der Waals surface area contributed by atoms with E-state index in [1.54, 1.807) is 0 Å². The van der Waals surface area contributed by atoms with Crippen LogP contribution in [-0.2, 0) is 0 Å². The SMILES string of the molecule is CCCCCCCNC1CCCOc2cc(-c3ccc(Cl)cc3)ccc21. The van der Waals surface area contributed by atoms with Crippen molar-refractivity contribution in [1.82, 2.24) is 5.32 Å². The highest BCUT2D eigenvalue weighted by Gasteiger charge is 2.19. The molecule has 0 spiro atoms. The van der Waals surface area contributed by atoms with Crippen LogP contribution in [0.2, 0.25) is 5.02 Å². The standard InChI is InChI=1S/C23H30ClNO/c1-2-3-4-5-6-15-25-22-8-7-16-26-23-17-19(11-14-21(22)23)18-9-12-20(24)13-10-18/h9-14,17,22,25H,2-8,15-16H2,1H3. The van der Waals surface area contributed by atoms with Crippen molar-refractivity contribution in [3.8, 4) is 16.9 Å². The Labute approximate surface area is 162 Å². The zero-order valence-electron chi connectivity index (χ0n) is 15.8. The molecule has 26 heavy (non-hydrogen) atoms. The molecule has 1 aliphatic rings. The summed E-state index contributed by atoms with van der Waals surface area (Å²) in [7, 11) is 0. The van der Waals surface area contributed by atoms with E-state index in [0.29, 0.717) is 6.04 Å². The van der Waals surface area contributed by atoms with Crippen LogP contribution in [0.15, 0.2) is 42.5 Å². The Kier molecular flexibility index (Phi) is 7.40. The Morgan fingerprint density at radius 1 is 1.00 bits per heavy atom. The molecule has 1 atom stereocenters. The molecule has 2 aromatic rings. The van der Waals surface area contributed by atoms with Gasteiger partial charge in [0.25, 0.3) is 0 Å². The molecule has 1 aliphatic heterocycles. The second kappa shape index (κ2) is 9.99. The van der Waals surface area contributed by atoms with Crippen LogP contribution in [0.25, 0.3) is 11.1 Å². The third kappa shape index (κ3) is 5.25. The molecule has 0 saturated heterocycles. The zero-order chi connectivity index (χ0) is 18.2. The highest BCUT2D eigenvalue weighted by atomic mass is 35.5. The Balaban J connectivity index is 1.67. The van der Waals surface area contributed by atoms with Crippen LogP contribution in [0.1, 0.15) is 63.5 Å². The van der Waals surface area contributed by atoms with E-state index in [0.717, 1.165) is 36.8 Å². The minimum Gasteiger partial charge on any atom is -0.493 e. The van der Waals surface area contributed by atoms with Crippen molar-refractivity contribution < 1.29 is 4.74 Å². The van der Waals surface area contributed by atoms with Gasteiger partial charge in [-0.05, 0) is 55.1 Å². The fourth-order valence-corrected chi connectivity index (χ4v) is 3.74. The molecule has 3 rings (SSSR count). The first-order chi connectivity index (χ1) is 12.8. The van der Waals surface area contributed by atoms with Crippen molar-refractivity contribution in [3.05, 3.63) is 53.1 Å². The monoisotopic (exact) mass is 371 g/mol. The molecule has 0 aliphatic carbocycles. The van der Waals surface area contributed by atoms with Crippen molar-refractivity contribution in [1.29, 1.82) is 0 Å². The van der Waals surface area contributed by atoms with Gasteiger partial charge in [0, 0.05) is 16.6 Å². The van der Waals surface area contributed by atoms with Gasteiger partial charge < -0.3 is 10.1 Å². The number of hydrogen-bond acceptors (Lipinski definition) is 2. The molecule has 0 aromatic heterocycles. The molecule has 2 nitrogen and oxygen atoms in total. The largest absolute Gasteiger partial charge is 0.493 e. The normalized spacial score (nSPS) is 16.6. The number of rotatable bonds is 8. The predicted octanol–water partition coefficient (Wildman–Crippen LogP) is 6.78. The van der Waals surface area contributed by atoms with Gasteiger partial charge in [-0.2, -0.15) is 0 Å². The van der Waals surface area contributed by atoms with Crippen LogP contribution >= 0.6 is 11.6 Å². The van der Waals surface area contributed by atoms with Crippen LogP contribution < -0.4 is 10.1 Å². The minimum absolute atomic E-state index is 0.401. The summed E-state index contributed by atoms with van der Waals surface area (Å²) in [5.41, 5.74) is 3.65. The molecule has 0 bridgehead atoms. The lowest BCUT2D eigenvalue weighted by Gasteiger charge is -2.19. The first-order valence-corrected chi connectivity index (χ1v) is 10.4. The van der Waals surface area contributed by atoms with Crippen LogP contribution in [-0.4, -0.2) is 13.2 Å². The average Bonchev–Trinajstić information content (AvgIpc) is 2.87. The fraction of sp³-hybridized carbons (Fsp3) is 0.478. The van der Waals surface area contributed by atoms with Crippen molar-refractivity contribution in [2.75, 3.05) is 13.2 Å². The molecule has 140 valence electrons. The number of ether oxygens (including phenoxy) is 1. The van der Waals surface area contributed by atoms with Gasteiger partial charge in [-0.3, -0.25) is 0 Å². The second-order valence-corrected chi connectivity index (χ2v) is 7.61. The van der Waals surface area contributed by atoms with Crippen molar-refractivity contribution >= 4 is 11.6 Å². The van der Waals surface area contributed by atoms with Crippen LogP contribution in [0.4, 0.5) is 0 Å². The second-order valence-electron chi connectivity index (χ2n) is 7.17. The highest BCUT2D eigenvalue weighted by Crippen LogP contribution is 2.35. The van der Waals surface area contributed by atoms with Crippen molar-refractivity contribution in [2.24, 2.45) is 0 Å². The highest BCUT2D eigenvalue weighted by molar-refractivity contribution is 6.30. The van der Waals surface area contributed by atoms with Crippen LogP contribution in [0, 0.1) is 0 Å². The molecule has 2 aromatic carbocycles. The van der Waals surface area contributed by atoms with Crippen LogP contribution in [0.3, 0.4) is 0 Å². The third-order valence-corrected chi connectivity index (χ3v) is 5.38. The molecule has 3 heteroatoms. The third-order valence-electron chi connectivity index (χ3n) is 5.13. The van der Waals surface area contributed by atoms with E-state index >= 15 is 0 Å². The van der Waals surface area contributed by atoms with E-state index in [-0.39, 0.29) is 0 Å². The summed E-state index contributed by atoms with van der Waals surface area (Å²) in [5.74, 6) is 1.03. The number of hydrogen-bond donors (Lipinski definition) is 1. The molecule has 1 N–H and O–H groups in total. The van der Waals surface area contributed by atoms with E-state index in [4.69, 9.17) is 16.3 Å². The molecule has 0 amide bonds. The lowest BCUT2D eigenvalue weighted by molar-refractivity contribution is 0.315. The smallest absolute Gasteiger partial charge is 0.124 e.